The zero-order valence-corrected chi connectivity index (χ0v) is 14.4. The van der Waals surface area contributed by atoms with Crippen LogP contribution in [-0.4, -0.2) is 24.7 Å². The minimum Gasteiger partial charge on any atom is -0.494 e. The van der Waals surface area contributed by atoms with E-state index in [-0.39, 0.29) is 5.91 Å². The molecule has 0 spiro atoms. The molecule has 0 saturated carbocycles. The van der Waals surface area contributed by atoms with Crippen molar-refractivity contribution in [1.29, 1.82) is 5.26 Å². The summed E-state index contributed by atoms with van der Waals surface area (Å²) in [6.07, 6.45) is 2.56. The number of nitriles is 1. The van der Waals surface area contributed by atoms with Gasteiger partial charge >= 0.3 is 0 Å². The largest absolute Gasteiger partial charge is 0.494 e. The highest BCUT2D eigenvalue weighted by Crippen LogP contribution is 2.24. The summed E-state index contributed by atoms with van der Waals surface area (Å²) in [5, 5.41) is 12.1. The van der Waals surface area contributed by atoms with Gasteiger partial charge in [0, 0.05) is 6.61 Å². The summed E-state index contributed by atoms with van der Waals surface area (Å²) in [6, 6.07) is 7.20. The molecule has 5 heteroatoms. The van der Waals surface area contributed by atoms with Crippen molar-refractivity contribution >= 4 is 11.6 Å². The van der Waals surface area contributed by atoms with Gasteiger partial charge in [0.2, 0.25) is 0 Å². The lowest BCUT2D eigenvalue weighted by Gasteiger charge is -2.27. The van der Waals surface area contributed by atoms with Crippen molar-refractivity contribution in [2.75, 3.05) is 18.5 Å². The predicted octanol–water partition coefficient (Wildman–Crippen LogP) is 3.88. The fourth-order valence-corrected chi connectivity index (χ4v) is 2.05. The highest BCUT2D eigenvalue weighted by Gasteiger charge is 2.32. The third kappa shape index (κ3) is 5.26. The lowest BCUT2D eigenvalue weighted by atomic mass is 10.0. The molecule has 1 aromatic carbocycles. The maximum Gasteiger partial charge on any atom is 0.256 e. The number of anilines is 1. The number of nitrogens with one attached hydrogen (secondary N) is 1. The van der Waals surface area contributed by atoms with Gasteiger partial charge in [-0.05, 0) is 44.9 Å². The molecule has 23 heavy (non-hydrogen) atoms. The number of benzene rings is 1. The Kier molecular flexibility index (Phi) is 7.56. The molecule has 1 atom stereocenters. The molecule has 0 aliphatic rings. The number of rotatable bonds is 9. The Hall–Kier alpha value is -2.06. The van der Waals surface area contributed by atoms with Crippen LogP contribution >= 0.6 is 0 Å². The Morgan fingerprint density at radius 1 is 1.35 bits per heavy atom. The van der Waals surface area contributed by atoms with E-state index in [2.05, 4.69) is 18.3 Å². The maximum atomic E-state index is 12.4. The molecular weight excluding hydrogens is 292 g/mol. The average Bonchev–Trinajstić information content (AvgIpc) is 2.56. The molecule has 0 radical (unpaired) electrons. The first-order valence-electron chi connectivity index (χ1n) is 8.13. The third-order valence-corrected chi connectivity index (χ3v) is 3.74. The Morgan fingerprint density at radius 3 is 2.65 bits per heavy atom. The first kappa shape index (κ1) is 19.0. The van der Waals surface area contributed by atoms with Crippen molar-refractivity contribution in [2.45, 2.75) is 52.6 Å². The zero-order valence-electron chi connectivity index (χ0n) is 14.4. The van der Waals surface area contributed by atoms with E-state index in [4.69, 9.17) is 9.47 Å². The maximum absolute atomic E-state index is 12.4. The van der Waals surface area contributed by atoms with Crippen LogP contribution in [0.2, 0.25) is 0 Å². The van der Waals surface area contributed by atoms with E-state index in [1.54, 1.807) is 25.1 Å². The summed E-state index contributed by atoms with van der Waals surface area (Å²) in [5.74, 6) is 0.383. The molecule has 0 saturated heterocycles. The van der Waals surface area contributed by atoms with Crippen LogP contribution < -0.4 is 10.1 Å². The highest BCUT2D eigenvalue weighted by molar-refractivity contribution is 5.98. The molecule has 5 nitrogen and oxygen atoms in total. The molecule has 0 aliphatic heterocycles. The van der Waals surface area contributed by atoms with Gasteiger partial charge in [0.1, 0.15) is 17.4 Å². The first-order chi connectivity index (χ1) is 11.0. The Balaban J connectivity index is 2.88. The van der Waals surface area contributed by atoms with Crippen molar-refractivity contribution in [3.05, 3.63) is 23.8 Å². The molecule has 0 heterocycles. The van der Waals surface area contributed by atoms with Crippen LogP contribution in [0.15, 0.2) is 18.2 Å². The Labute approximate surface area is 138 Å². The number of ether oxygens (including phenoxy) is 2. The second-order valence-electron chi connectivity index (χ2n) is 5.49. The van der Waals surface area contributed by atoms with Crippen molar-refractivity contribution in [3.8, 4) is 11.8 Å². The van der Waals surface area contributed by atoms with Crippen molar-refractivity contribution in [2.24, 2.45) is 0 Å². The van der Waals surface area contributed by atoms with Crippen molar-refractivity contribution in [1.82, 2.24) is 0 Å². The standard InChI is InChI=1S/C18H26N2O3/c1-5-8-11-22-15-9-10-16(14(12-15)13-19)20-17(21)18(4,6-2)23-7-3/h9-10,12H,5-8,11H2,1-4H3,(H,20,21). The third-order valence-electron chi connectivity index (χ3n) is 3.74. The molecule has 0 bridgehead atoms. The minimum atomic E-state index is -0.905. The fraction of sp³-hybridized carbons (Fsp3) is 0.556. The topological polar surface area (TPSA) is 71.3 Å². The summed E-state index contributed by atoms with van der Waals surface area (Å²) in [6.45, 7) is 8.65. The number of unbranched alkanes of at least 4 members (excludes halogenated alkanes) is 1. The summed E-state index contributed by atoms with van der Waals surface area (Å²) < 4.78 is 11.1. The van der Waals surface area contributed by atoms with Crippen LogP contribution in [0.3, 0.4) is 0 Å². The zero-order chi connectivity index (χ0) is 17.3. The van der Waals surface area contributed by atoms with Gasteiger partial charge in [-0.2, -0.15) is 5.26 Å². The van der Waals surface area contributed by atoms with Gasteiger partial charge in [0.25, 0.3) is 5.91 Å². The molecule has 0 aromatic heterocycles. The number of carbonyl (C=O) groups excluding carboxylic acids is 1. The number of hydrogen-bond acceptors (Lipinski definition) is 4. The second-order valence-corrected chi connectivity index (χ2v) is 5.49. The van der Waals surface area contributed by atoms with Gasteiger partial charge in [-0.15, -0.1) is 0 Å². The highest BCUT2D eigenvalue weighted by atomic mass is 16.5. The van der Waals surface area contributed by atoms with E-state index in [0.717, 1.165) is 12.8 Å². The van der Waals surface area contributed by atoms with Crippen LogP contribution in [0.5, 0.6) is 5.75 Å². The molecule has 1 amide bonds. The molecule has 0 aliphatic carbocycles. The summed E-state index contributed by atoms with van der Waals surface area (Å²) in [4.78, 5) is 12.4. The second kappa shape index (κ2) is 9.16. The van der Waals surface area contributed by atoms with Crippen LogP contribution in [0.4, 0.5) is 5.69 Å². The molecule has 1 aromatic rings. The SMILES string of the molecule is CCCCOc1ccc(NC(=O)C(C)(CC)OCC)c(C#N)c1. The lowest BCUT2D eigenvalue weighted by molar-refractivity contribution is -0.139. The molecule has 1 N–H and O–H groups in total. The first-order valence-corrected chi connectivity index (χ1v) is 8.13. The molecular formula is C18H26N2O3. The number of carbonyl (C=O) groups is 1. The van der Waals surface area contributed by atoms with E-state index in [0.29, 0.717) is 36.6 Å². The van der Waals surface area contributed by atoms with E-state index < -0.39 is 5.60 Å². The smallest absolute Gasteiger partial charge is 0.256 e. The Bertz CT molecular complexity index is 566. The van der Waals surface area contributed by atoms with Gasteiger partial charge < -0.3 is 14.8 Å². The van der Waals surface area contributed by atoms with Crippen LogP contribution in [0.1, 0.15) is 52.5 Å². The van der Waals surface area contributed by atoms with Crippen LogP contribution in [0.25, 0.3) is 0 Å². The van der Waals surface area contributed by atoms with Crippen LogP contribution in [0, 0.1) is 11.3 Å². The van der Waals surface area contributed by atoms with E-state index >= 15 is 0 Å². The van der Waals surface area contributed by atoms with Gasteiger partial charge in [0.05, 0.1) is 17.9 Å². The quantitative estimate of drug-likeness (QED) is 0.701. The fourth-order valence-electron chi connectivity index (χ4n) is 2.05. The van der Waals surface area contributed by atoms with Crippen molar-refractivity contribution in [3.63, 3.8) is 0 Å². The van der Waals surface area contributed by atoms with Gasteiger partial charge in [-0.1, -0.05) is 20.3 Å². The van der Waals surface area contributed by atoms with Gasteiger partial charge in [-0.3, -0.25) is 4.79 Å². The van der Waals surface area contributed by atoms with Crippen LogP contribution in [-0.2, 0) is 9.53 Å². The number of amides is 1. The molecule has 126 valence electrons. The number of nitrogens with zero attached hydrogens (tertiary/aromatic N) is 1. The normalized spacial score (nSPS) is 13.0. The summed E-state index contributed by atoms with van der Waals surface area (Å²) in [5.41, 5.74) is -0.0559. The molecule has 0 fully saturated rings. The lowest BCUT2D eigenvalue weighted by Crippen LogP contribution is -2.42. The van der Waals surface area contributed by atoms with Crippen molar-refractivity contribution < 1.29 is 14.3 Å². The average molecular weight is 318 g/mol. The summed E-state index contributed by atoms with van der Waals surface area (Å²) >= 11 is 0. The minimum absolute atomic E-state index is 0.252. The Morgan fingerprint density at radius 2 is 2.09 bits per heavy atom. The summed E-state index contributed by atoms with van der Waals surface area (Å²) in [7, 11) is 0. The van der Waals surface area contributed by atoms with Gasteiger partial charge in [-0.25, -0.2) is 0 Å². The number of hydrogen-bond donors (Lipinski definition) is 1. The van der Waals surface area contributed by atoms with E-state index in [1.165, 1.54) is 0 Å². The molecule has 1 rings (SSSR count). The van der Waals surface area contributed by atoms with Gasteiger partial charge in [0.15, 0.2) is 0 Å². The molecule has 1 unspecified atom stereocenters. The van der Waals surface area contributed by atoms with E-state index in [9.17, 15) is 10.1 Å². The predicted molar refractivity (Wildman–Crippen MR) is 90.5 cm³/mol. The van der Waals surface area contributed by atoms with E-state index in [1.807, 2.05) is 13.8 Å². The monoisotopic (exact) mass is 318 g/mol.